The Morgan fingerprint density at radius 2 is 2.22 bits per heavy atom. The molecule has 1 aliphatic heterocycles. The monoisotopic (exact) mass is 243 g/mol. The van der Waals surface area contributed by atoms with Crippen LogP contribution in [0.5, 0.6) is 0 Å². The molecular formula is C15H17NO2. The third-order valence-corrected chi connectivity index (χ3v) is 3.96. The van der Waals surface area contributed by atoms with Crippen LogP contribution in [-0.4, -0.2) is 23.7 Å². The second kappa shape index (κ2) is 4.48. The largest absolute Gasteiger partial charge is 0.481 e. The lowest BCUT2D eigenvalue weighted by atomic mass is 9.88. The number of carbonyl (C=O) groups is 1. The lowest BCUT2D eigenvalue weighted by Gasteiger charge is -2.30. The maximum atomic E-state index is 10.8. The van der Waals surface area contributed by atoms with E-state index in [4.69, 9.17) is 5.11 Å². The van der Waals surface area contributed by atoms with Crippen LogP contribution < -0.4 is 4.90 Å². The normalized spacial score (nSPS) is 24.8. The SMILES string of the molecule is O=C(O)CCN1c2ccccc2C2C=CCCC21. The fourth-order valence-electron chi connectivity index (χ4n) is 3.19. The molecule has 3 rings (SSSR count). The number of para-hydroxylation sites is 1. The van der Waals surface area contributed by atoms with Gasteiger partial charge < -0.3 is 10.0 Å². The molecule has 3 heteroatoms. The van der Waals surface area contributed by atoms with E-state index in [1.165, 1.54) is 11.3 Å². The lowest BCUT2D eigenvalue weighted by Crippen LogP contribution is -2.36. The van der Waals surface area contributed by atoms with E-state index in [0.29, 0.717) is 18.5 Å². The van der Waals surface area contributed by atoms with Gasteiger partial charge in [-0.3, -0.25) is 4.79 Å². The van der Waals surface area contributed by atoms with Crippen molar-refractivity contribution in [2.24, 2.45) is 0 Å². The molecule has 1 N–H and O–H groups in total. The maximum Gasteiger partial charge on any atom is 0.305 e. The van der Waals surface area contributed by atoms with Crippen LogP contribution in [0.1, 0.15) is 30.7 Å². The quantitative estimate of drug-likeness (QED) is 0.830. The van der Waals surface area contributed by atoms with Gasteiger partial charge in [-0.25, -0.2) is 0 Å². The highest BCUT2D eigenvalue weighted by Gasteiger charge is 2.37. The van der Waals surface area contributed by atoms with Gasteiger partial charge >= 0.3 is 5.97 Å². The van der Waals surface area contributed by atoms with Crippen LogP contribution in [0.2, 0.25) is 0 Å². The summed E-state index contributed by atoms with van der Waals surface area (Å²) in [6.07, 6.45) is 6.96. The lowest BCUT2D eigenvalue weighted by molar-refractivity contribution is -0.136. The van der Waals surface area contributed by atoms with Crippen LogP contribution in [0.4, 0.5) is 5.69 Å². The standard InChI is InChI=1S/C15H17NO2/c17-15(18)9-10-16-13-7-3-1-5-11(13)12-6-2-4-8-14(12)16/h1-3,5-7,12,14H,4,8-10H2,(H,17,18). The Morgan fingerprint density at radius 3 is 3.06 bits per heavy atom. The summed E-state index contributed by atoms with van der Waals surface area (Å²) in [5.41, 5.74) is 2.57. The number of fused-ring (bicyclic) bond motifs is 3. The molecule has 0 bridgehead atoms. The van der Waals surface area contributed by atoms with Gasteiger partial charge in [-0.2, -0.15) is 0 Å². The Hall–Kier alpha value is -1.77. The van der Waals surface area contributed by atoms with Crippen molar-refractivity contribution in [2.75, 3.05) is 11.4 Å². The fraction of sp³-hybridized carbons (Fsp3) is 0.400. The Morgan fingerprint density at radius 1 is 1.39 bits per heavy atom. The highest BCUT2D eigenvalue weighted by Crippen LogP contribution is 2.45. The third kappa shape index (κ3) is 1.80. The second-order valence-electron chi connectivity index (χ2n) is 4.99. The van der Waals surface area contributed by atoms with Gasteiger partial charge in [-0.1, -0.05) is 30.4 Å². The van der Waals surface area contributed by atoms with Crippen LogP contribution in [0.3, 0.4) is 0 Å². The summed E-state index contributed by atoms with van der Waals surface area (Å²) in [7, 11) is 0. The molecule has 1 aromatic rings. The van der Waals surface area contributed by atoms with E-state index in [9.17, 15) is 4.79 Å². The zero-order chi connectivity index (χ0) is 12.5. The predicted octanol–water partition coefficient (Wildman–Crippen LogP) is 2.78. The average molecular weight is 243 g/mol. The van der Waals surface area contributed by atoms with Gasteiger partial charge in [0.15, 0.2) is 0 Å². The van der Waals surface area contributed by atoms with Crippen molar-refractivity contribution in [3.8, 4) is 0 Å². The molecule has 2 atom stereocenters. The number of anilines is 1. The summed E-state index contributed by atoms with van der Waals surface area (Å²) < 4.78 is 0. The van der Waals surface area contributed by atoms with Crippen LogP contribution in [0.15, 0.2) is 36.4 Å². The number of nitrogens with zero attached hydrogens (tertiary/aromatic N) is 1. The number of benzene rings is 1. The molecule has 1 heterocycles. The Kier molecular flexibility index (Phi) is 2.82. The van der Waals surface area contributed by atoms with Crippen LogP contribution in [0.25, 0.3) is 0 Å². The van der Waals surface area contributed by atoms with Crippen molar-refractivity contribution in [2.45, 2.75) is 31.2 Å². The summed E-state index contributed by atoms with van der Waals surface area (Å²) in [4.78, 5) is 13.1. The highest BCUT2D eigenvalue weighted by molar-refractivity contribution is 5.69. The Balaban J connectivity index is 1.93. The van der Waals surface area contributed by atoms with E-state index in [1.54, 1.807) is 0 Å². The summed E-state index contributed by atoms with van der Waals surface area (Å²) in [5.74, 6) is -0.272. The molecule has 2 unspecified atom stereocenters. The van der Waals surface area contributed by atoms with E-state index in [2.05, 4.69) is 35.3 Å². The average Bonchev–Trinajstić information content (AvgIpc) is 2.71. The van der Waals surface area contributed by atoms with Gasteiger partial charge in [0.05, 0.1) is 6.42 Å². The first-order chi connectivity index (χ1) is 8.77. The first-order valence-corrected chi connectivity index (χ1v) is 6.51. The molecule has 0 saturated heterocycles. The number of allylic oxidation sites excluding steroid dienone is 1. The fourth-order valence-corrected chi connectivity index (χ4v) is 3.19. The van der Waals surface area contributed by atoms with Gasteiger partial charge in [0.25, 0.3) is 0 Å². The summed E-state index contributed by atoms with van der Waals surface area (Å²) >= 11 is 0. The molecule has 18 heavy (non-hydrogen) atoms. The van der Waals surface area contributed by atoms with Crippen molar-refractivity contribution in [1.82, 2.24) is 0 Å². The van der Waals surface area contributed by atoms with Gasteiger partial charge in [0, 0.05) is 24.2 Å². The first kappa shape index (κ1) is 11.3. The number of hydrogen-bond donors (Lipinski definition) is 1. The Labute approximate surface area is 107 Å². The van der Waals surface area contributed by atoms with Gasteiger partial charge in [0.2, 0.25) is 0 Å². The van der Waals surface area contributed by atoms with Gasteiger partial charge in [-0.05, 0) is 24.5 Å². The minimum absolute atomic E-state index is 0.210. The van der Waals surface area contributed by atoms with Gasteiger partial charge in [-0.15, -0.1) is 0 Å². The molecule has 1 aliphatic carbocycles. The molecular weight excluding hydrogens is 226 g/mol. The van der Waals surface area contributed by atoms with E-state index in [0.717, 1.165) is 12.8 Å². The van der Waals surface area contributed by atoms with E-state index < -0.39 is 5.97 Å². The molecule has 0 saturated carbocycles. The number of carboxylic acid groups (broad SMARTS) is 1. The zero-order valence-electron chi connectivity index (χ0n) is 10.2. The summed E-state index contributed by atoms with van der Waals surface area (Å²) in [6, 6.07) is 8.84. The molecule has 2 aliphatic rings. The highest BCUT2D eigenvalue weighted by atomic mass is 16.4. The van der Waals surface area contributed by atoms with Crippen LogP contribution in [-0.2, 0) is 4.79 Å². The van der Waals surface area contributed by atoms with Crippen LogP contribution in [0, 0.1) is 0 Å². The molecule has 94 valence electrons. The molecule has 0 fully saturated rings. The molecule has 3 nitrogen and oxygen atoms in total. The molecule has 0 spiro atoms. The smallest absolute Gasteiger partial charge is 0.305 e. The first-order valence-electron chi connectivity index (χ1n) is 6.51. The van der Waals surface area contributed by atoms with Crippen LogP contribution >= 0.6 is 0 Å². The van der Waals surface area contributed by atoms with Crippen molar-refractivity contribution in [1.29, 1.82) is 0 Å². The van der Waals surface area contributed by atoms with E-state index in [1.807, 2.05) is 6.07 Å². The van der Waals surface area contributed by atoms with Crippen molar-refractivity contribution in [3.05, 3.63) is 42.0 Å². The zero-order valence-corrected chi connectivity index (χ0v) is 10.2. The molecule has 0 amide bonds. The number of aliphatic carboxylic acids is 1. The minimum atomic E-state index is -0.720. The number of hydrogen-bond acceptors (Lipinski definition) is 2. The summed E-state index contributed by atoms with van der Waals surface area (Å²) in [6.45, 7) is 0.612. The van der Waals surface area contributed by atoms with Crippen molar-refractivity contribution >= 4 is 11.7 Å². The van der Waals surface area contributed by atoms with Crippen molar-refractivity contribution < 1.29 is 9.90 Å². The van der Waals surface area contributed by atoms with E-state index in [-0.39, 0.29) is 6.42 Å². The molecule has 1 aromatic carbocycles. The Bertz CT molecular complexity index is 495. The van der Waals surface area contributed by atoms with Gasteiger partial charge in [0.1, 0.15) is 0 Å². The summed E-state index contributed by atoms with van der Waals surface area (Å²) in [5, 5.41) is 8.88. The molecule has 0 radical (unpaired) electrons. The predicted molar refractivity (Wildman–Crippen MR) is 70.9 cm³/mol. The minimum Gasteiger partial charge on any atom is -0.481 e. The molecule has 0 aromatic heterocycles. The topological polar surface area (TPSA) is 40.5 Å². The third-order valence-electron chi connectivity index (χ3n) is 3.96. The number of carboxylic acids is 1. The van der Waals surface area contributed by atoms with Crippen molar-refractivity contribution in [3.63, 3.8) is 0 Å². The maximum absolute atomic E-state index is 10.8. The van der Waals surface area contributed by atoms with E-state index >= 15 is 0 Å². The number of rotatable bonds is 3. The second-order valence-corrected chi connectivity index (χ2v) is 4.99.